The van der Waals surface area contributed by atoms with Gasteiger partial charge in [-0.15, -0.1) is 0 Å². The third kappa shape index (κ3) is 1.64. The highest BCUT2D eigenvalue weighted by atomic mass is 16.3. The highest BCUT2D eigenvalue weighted by molar-refractivity contribution is 5.26. The van der Waals surface area contributed by atoms with Crippen molar-refractivity contribution >= 4 is 5.82 Å². The lowest BCUT2D eigenvalue weighted by molar-refractivity contribution is 0.429. The summed E-state index contributed by atoms with van der Waals surface area (Å²) in [6.45, 7) is 2.06. The van der Waals surface area contributed by atoms with Gasteiger partial charge in [-0.1, -0.05) is 0 Å². The normalized spacial score (nSPS) is 12.9. The number of hydrogen-bond acceptors (Lipinski definition) is 3. The third-order valence-corrected chi connectivity index (χ3v) is 2.20. The minimum atomic E-state index is 0.219. The molecule has 0 fully saturated rings. The van der Waals surface area contributed by atoms with Gasteiger partial charge >= 0.3 is 0 Å². The second-order valence-corrected chi connectivity index (χ2v) is 3.33. The smallest absolute Gasteiger partial charge is 0.121 e. The van der Waals surface area contributed by atoms with Gasteiger partial charge in [-0.3, -0.25) is 0 Å². The Labute approximate surface area is 82.3 Å². The summed E-state index contributed by atoms with van der Waals surface area (Å²) in [7, 11) is 0. The van der Waals surface area contributed by atoms with E-state index in [0.717, 1.165) is 12.2 Å². The second kappa shape index (κ2) is 3.57. The molecule has 0 bridgehead atoms. The summed E-state index contributed by atoms with van der Waals surface area (Å²) >= 11 is 0. The summed E-state index contributed by atoms with van der Waals surface area (Å²) in [5.41, 5.74) is 5.74. The molecule has 2 aromatic rings. The number of hydrogen-bond donors (Lipinski definition) is 1. The van der Waals surface area contributed by atoms with Gasteiger partial charge in [0.1, 0.15) is 11.6 Å². The molecular weight excluding hydrogens is 178 g/mol. The van der Waals surface area contributed by atoms with Gasteiger partial charge in [-0.05, 0) is 25.1 Å². The Hall–Kier alpha value is -1.71. The molecule has 0 aliphatic rings. The Morgan fingerprint density at radius 2 is 2.43 bits per heavy atom. The molecule has 2 aromatic heterocycles. The predicted molar refractivity (Wildman–Crippen MR) is 53.8 cm³/mol. The molecule has 2 N–H and O–H groups in total. The summed E-state index contributed by atoms with van der Waals surface area (Å²) in [5, 5.41) is 4.15. The van der Waals surface area contributed by atoms with Gasteiger partial charge in [-0.2, -0.15) is 5.10 Å². The van der Waals surface area contributed by atoms with Crippen LogP contribution in [-0.4, -0.2) is 9.78 Å². The van der Waals surface area contributed by atoms with E-state index in [9.17, 15) is 0 Å². The molecule has 0 amide bonds. The molecule has 2 rings (SSSR count). The maximum absolute atomic E-state index is 5.74. The number of aromatic nitrogens is 2. The standard InChI is InChI=1S/C10H13N3O/c1-8(7-9-3-2-6-14-9)13-10(11)4-5-12-13/h2-6,8H,7,11H2,1H3. The molecular formula is C10H13N3O. The molecule has 0 radical (unpaired) electrons. The zero-order valence-electron chi connectivity index (χ0n) is 8.05. The fourth-order valence-corrected chi connectivity index (χ4v) is 1.50. The first-order valence-electron chi connectivity index (χ1n) is 4.59. The van der Waals surface area contributed by atoms with Crippen LogP contribution in [0.4, 0.5) is 5.82 Å². The SMILES string of the molecule is CC(Cc1ccco1)n1nccc1N. The number of nitrogens with zero attached hydrogens (tertiary/aromatic N) is 2. The van der Waals surface area contributed by atoms with E-state index in [4.69, 9.17) is 10.2 Å². The Morgan fingerprint density at radius 3 is 3.00 bits per heavy atom. The lowest BCUT2D eigenvalue weighted by Gasteiger charge is -2.11. The minimum absolute atomic E-state index is 0.219. The van der Waals surface area contributed by atoms with Crippen LogP contribution in [0.1, 0.15) is 18.7 Å². The van der Waals surface area contributed by atoms with Crippen LogP contribution in [0.3, 0.4) is 0 Å². The lowest BCUT2D eigenvalue weighted by atomic mass is 10.2. The maximum Gasteiger partial charge on any atom is 0.121 e. The first kappa shape index (κ1) is 8.87. The number of nitrogen functional groups attached to an aromatic ring is 1. The largest absolute Gasteiger partial charge is 0.469 e. The van der Waals surface area contributed by atoms with Crippen LogP contribution in [0.2, 0.25) is 0 Å². The van der Waals surface area contributed by atoms with E-state index < -0.39 is 0 Å². The van der Waals surface area contributed by atoms with Crippen LogP contribution in [0.15, 0.2) is 35.1 Å². The Morgan fingerprint density at radius 1 is 1.57 bits per heavy atom. The summed E-state index contributed by atoms with van der Waals surface area (Å²) in [6.07, 6.45) is 4.18. The van der Waals surface area contributed by atoms with Crippen LogP contribution < -0.4 is 5.73 Å². The van der Waals surface area contributed by atoms with Crippen molar-refractivity contribution in [2.45, 2.75) is 19.4 Å². The van der Waals surface area contributed by atoms with E-state index in [0.29, 0.717) is 5.82 Å². The maximum atomic E-state index is 5.74. The zero-order valence-corrected chi connectivity index (χ0v) is 8.05. The quantitative estimate of drug-likeness (QED) is 0.805. The van der Waals surface area contributed by atoms with Crippen molar-refractivity contribution in [2.24, 2.45) is 0 Å². The van der Waals surface area contributed by atoms with Gasteiger partial charge in [0.15, 0.2) is 0 Å². The molecule has 2 heterocycles. The van der Waals surface area contributed by atoms with Crippen LogP contribution in [0, 0.1) is 0 Å². The first-order chi connectivity index (χ1) is 6.77. The van der Waals surface area contributed by atoms with Gasteiger partial charge in [0.25, 0.3) is 0 Å². The van der Waals surface area contributed by atoms with Gasteiger partial charge in [0, 0.05) is 6.42 Å². The fourth-order valence-electron chi connectivity index (χ4n) is 1.50. The molecule has 0 aromatic carbocycles. The van der Waals surface area contributed by atoms with E-state index in [-0.39, 0.29) is 6.04 Å². The van der Waals surface area contributed by atoms with Crippen molar-refractivity contribution in [3.05, 3.63) is 36.4 Å². The third-order valence-electron chi connectivity index (χ3n) is 2.20. The van der Waals surface area contributed by atoms with E-state index in [1.165, 1.54) is 0 Å². The molecule has 4 heteroatoms. The van der Waals surface area contributed by atoms with Crippen molar-refractivity contribution in [1.82, 2.24) is 9.78 Å². The summed E-state index contributed by atoms with van der Waals surface area (Å²) in [5.74, 6) is 1.64. The molecule has 0 aliphatic carbocycles. The van der Waals surface area contributed by atoms with Crippen molar-refractivity contribution in [3.8, 4) is 0 Å². The van der Waals surface area contributed by atoms with Gasteiger partial charge in [0.2, 0.25) is 0 Å². The van der Waals surface area contributed by atoms with Crippen molar-refractivity contribution in [3.63, 3.8) is 0 Å². The molecule has 0 aliphatic heterocycles. The highest BCUT2D eigenvalue weighted by Crippen LogP contribution is 2.16. The first-order valence-corrected chi connectivity index (χ1v) is 4.59. The number of anilines is 1. The minimum Gasteiger partial charge on any atom is -0.469 e. The molecule has 0 spiro atoms. The number of rotatable bonds is 3. The van der Waals surface area contributed by atoms with E-state index in [2.05, 4.69) is 12.0 Å². The average molecular weight is 191 g/mol. The molecule has 0 saturated carbocycles. The van der Waals surface area contributed by atoms with Crippen LogP contribution in [0.5, 0.6) is 0 Å². The van der Waals surface area contributed by atoms with E-state index >= 15 is 0 Å². The van der Waals surface area contributed by atoms with E-state index in [1.54, 1.807) is 23.2 Å². The Balaban J connectivity index is 2.10. The molecule has 1 unspecified atom stereocenters. The molecule has 14 heavy (non-hydrogen) atoms. The fraction of sp³-hybridized carbons (Fsp3) is 0.300. The highest BCUT2D eigenvalue weighted by Gasteiger charge is 2.10. The van der Waals surface area contributed by atoms with Crippen molar-refractivity contribution in [2.75, 3.05) is 5.73 Å². The number of nitrogens with two attached hydrogens (primary N) is 1. The molecule has 1 atom stereocenters. The van der Waals surface area contributed by atoms with Crippen LogP contribution >= 0.6 is 0 Å². The monoisotopic (exact) mass is 191 g/mol. The van der Waals surface area contributed by atoms with Crippen LogP contribution in [0.25, 0.3) is 0 Å². The summed E-state index contributed by atoms with van der Waals surface area (Å²) in [4.78, 5) is 0. The number of furan rings is 1. The average Bonchev–Trinajstić information content (AvgIpc) is 2.75. The summed E-state index contributed by atoms with van der Waals surface area (Å²) in [6, 6.07) is 5.85. The van der Waals surface area contributed by atoms with Gasteiger partial charge in [0.05, 0.1) is 18.5 Å². The molecule has 0 saturated heterocycles. The predicted octanol–water partition coefficient (Wildman–Crippen LogP) is 1.86. The molecule has 74 valence electrons. The van der Waals surface area contributed by atoms with Crippen molar-refractivity contribution in [1.29, 1.82) is 0 Å². The van der Waals surface area contributed by atoms with Crippen molar-refractivity contribution < 1.29 is 4.42 Å². The second-order valence-electron chi connectivity index (χ2n) is 3.33. The van der Waals surface area contributed by atoms with Crippen LogP contribution in [-0.2, 0) is 6.42 Å². The van der Waals surface area contributed by atoms with Gasteiger partial charge in [-0.25, -0.2) is 4.68 Å². The summed E-state index contributed by atoms with van der Waals surface area (Å²) < 4.78 is 7.05. The molecule has 4 nitrogen and oxygen atoms in total. The van der Waals surface area contributed by atoms with Gasteiger partial charge < -0.3 is 10.2 Å². The Bertz CT molecular complexity index is 391. The Kier molecular flexibility index (Phi) is 2.26. The topological polar surface area (TPSA) is 57.0 Å². The van der Waals surface area contributed by atoms with E-state index in [1.807, 2.05) is 12.1 Å². The zero-order chi connectivity index (χ0) is 9.97. The lowest BCUT2D eigenvalue weighted by Crippen LogP contribution is -2.12.